The predicted molar refractivity (Wildman–Crippen MR) is 83.1 cm³/mol. The van der Waals surface area contributed by atoms with Crippen LogP contribution in [-0.4, -0.2) is 16.7 Å². The van der Waals surface area contributed by atoms with E-state index in [1.807, 2.05) is 0 Å². The van der Waals surface area contributed by atoms with Crippen molar-refractivity contribution in [3.8, 4) is 0 Å². The summed E-state index contributed by atoms with van der Waals surface area (Å²) >= 11 is 0. The van der Waals surface area contributed by atoms with Gasteiger partial charge in [-0.05, 0) is 56.3 Å². The first-order valence-corrected chi connectivity index (χ1v) is 8.53. The number of hydrogen-bond donors (Lipinski definition) is 1. The smallest absolute Gasteiger partial charge is 0.204 e. The third-order valence-electron chi connectivity index (χ3n) is 7.33. The van der Waals surface area contributed by atoms with Gasteiger partial charge in [0.05, 0.1) is 10.8 Å². The fourth-order valence-corrected chi connectivity index (χ4v) is 6.71. The number of allylic oxidation sites excluding steroid dienone is 4. The van der Waals surface area contributed by atoms with Gasteiger partial charge in [-0.2, -0.15) is 0 Å². The zero-order valence-corrected chi connectivity index (χ0v) is 13.6. The summed E-state index contributed by atoms with van der Waals surface area (Å²) in [5, 5.41) is 10.2. The number of aliphatic hydroxyl groups excluding tert-OH is 1. The summed E-state index contributed by atoms with van der Waals surface area (Å²) < 4.78 is 0. The molecule has 0 aromatic carbocycles. The third kappa shape index (κ3) is 1.26. The van der Waals surface area contributed by atoms with Gasteiger partial charge < -0.3 is 5.11 Å². The highest BCUT2D eigenvalue weighted by atomic mass is 16.3. The summed E-state index contributed by atoms with van der Waals surface area (Å²) in [6, 6.07) is 0. The van der Waals surface area contributed by atoms with E-state index in [4.69, 9.17) is 0 Å². The van der Waals surface area contributed by atoms with E-state index < -0.39 is 10.8 Å². The molecule has 22 heavy (non-hydrogen) atoms. The van der Waals surface area contributed by atoms with E-state index in [2.05, 4.69) is 26.8 Å². The van der Waals surface area contributed by atoms with E-state index in [1.165, 1.54) is 11.6 Å². The molecule has 0 aromatic rings. The number of carbonyl (C=O) groups is 2. The maximum absolute atomic E-state index is 13.2. The van der Waals surface area contributed by atoms with Crippen LogP contribution >= 0.6 is 0 Å². The van der Waals surface area contributed by atoms with Crippen molar-refractivity contribution in [1.82, 2.24) is 0 Å². The SMILES string of the molecule is CC1=CC2C[C@H](C)[C@H]3CC[C@H](C)[C@]4(C1)C(=O)C(O)=CC(=O)C234. The Kier molecular flexibility index (Phi) is 2.67. The van der Waals surface area contributed by atoms with E-state index >= 15 is 0 Å². The molecule has 4 aliphatic rings. The minimum absolute atomic E-state index is 0.0132. The van der Waals surface area contributed by atoms with E-state index in [1.54, 1.807) is 0 Å². The maximum atomic E-state index is 13.2. The molecule has 0 bridgehead atoms. The Balaban J connectivity index is 2.08. The molecule has 4 rings (SSSR count). The standard InChI is InChI=1S/C19H24O3/c1-10-6-13-7-11(2)14-5-4-12(3)18(9-10)17(22)15(20)8-16(21)19(13,14)18/h6,8,11-14,20H,4-5,7,9H2,1-3H3/t11-,12-,13?,14+,18+,19?/m0/s1. The summed E-state index contributed by atoms with van der Waals surface area (Å²) in [5.41, 5.74) is -0.0921. The first-order chi connectivity index (χ1) is 10.4. The highest BCUT2D eigenvalue weighted by molar-refractivity contribution is 6.14. The Hall–Kier alpha value is -1.38. The number of aliphatic hydroxyl groups is 1. The van der Waals surface area contributed by atoms with E-state index in [-0.39, 0.29) is 35.1 Å². The van der Waals surface area contributed by atoms with Gasteiger partial charge in [-0.25, -0.2) is 0 Å². The van der Waals surface area contributed by atoms with Crippen LogP contribution in [0.5, 0.6) is 0 Å². The molecule has 0 radical (unpaired) electrons. The van der Waals surface area contributed by atoms with Crippen LogP contribution < -0.4 is 0 Å². The molecule has 3 nitrogen and oxygen atoms in total. The van der Waals surface area contributed by atoms with Gasteiger partial charge >= 0.3 is 0 Å². The predicted octanol–water partition coefficient (Wildman–Crippen LogP) is 3.61. The normalized spacial score (nSPS) is 50.1. The number of rotatable bonds is 0. The lowest BCUT2D eigenvalue weighted by atomic mass is 9.39. The molecule has 118 valence electrons. The largest absolute Gasteiger partial charge is 0.504 e. The summed E-state index contributed by atoms with van der Waals surface area (Å²) in [4.78, 5) is 26.3. The van der Waals surface area contributed by atoms with E-state index in [9.17, 15) is 14.7 Å². The maximum Gasteiger partial charge on any atom is 0.204 e. The number of hydrogen-bond acceptors (Lipinski definition) is 3. The molecule has 0 heterocycles. The second-order valence-corrected chi connectivity index (χ2v) is 8.16. The van der Waals surface area contributed by atoms with Gasteiger partial charge in [0, 0.05) is 6.08 Å². The van der Waals surface area contributed by atoms with Gasteiger partial charge in [0.15, 0.2) is 11.5 Å². The van der Waals surface area contributed by atoms with Crippen LogP contribution in [-0.2, 0) is 9.59 Å². The van der Waals surface area contributed by atoms with Crippen LogP contribution in [0.3, 0.4) is 0 Å². The Morgan fingerprint density at radius 2 is 1.95 bits per heavy atom. The van der Waals surface area contributed by atoms with Crippen molar-refractivity contribution in [2.75, 3.05) is 0 Å². The second-order valence-electron chi connectivity index (χ2n) is 8.16. The first-order valence-electron chi connectivity index (χ1n) is 8.53. The van der Waals surface area contributed by atoms with E-state index in [0.717, 1.165) is 19.3 Å². The summed E-state index contributed by atoms with van der Waals surface area (Å²) in [6.45, 7) is 6.42. The molecule has 6 atom stereocenters. The quantitative estimate of drug-likeness (QED) is 0.695. The van der Waals surface area contributed by atoms with Gasteiger partial charge in [0.2, 0.25) is 5.78 Å². The van der Waals surface area contributed by atoms with Crippen molar-refractivity contribution in [3.63, 3.8) is 0 Å². The van der Waals surface area contributed by atoms with Gasteiger partial charge in [-0.3, -0.25) is 9.59 Å². The lowest BCUT2D eigenvalue weighted by Gasteiger charge is -2.61. The molecule has 4 aliphatic carbocycles. The topological polar surface area (TPSA) is 54.4 Å². The molecule has 2 unspecified atom stereocenters. The lowest BCUT2D eigenvalue weighted by molar-refractivity contribution is -0.173. The van der Waals surface area contributed by atoms with Crippen molar-refractivity contribution < 1.29 is 14.7 Å². The minimum Gasteiger partial charge on any atom is -0.504 e. The van der Waals surface area contributed by atoms with Crippen molar-refractivity contribution in [3.05, 3.63) is 23.5 Å². The number of ketones is 2. The van der Waals surface area contributed by atoms with Crippen molar-refractivity contribution in [1.29, 1.82) is 0 Å². The Morgan fingerprint density at radius 3 is 2.68 bits per heavy atom. The molecule has 0 saturated heterocycles. The lowest BCUT2D eigenvalue weighted by Crippen LogP contribution is -2.66. The minimum atomic E-state index is -0.708. The van der Waals surface area contributed by atoms with Crippen LogP contribution in [0.1, 0.15) is 46.5 Å². The zero-order valence-electron chi connectivity index (χ0n) is 13.6. The molecule has 3 heteroatoms. The van der Waals surface area contributed by atoms with Crippen molar-refractivity contribution >= 4 is 11.6 Å². The molecular weight excluding hydrogens is 276 g/mol. The number of carbonyl (C=O) groups excluding carboxylic acids is 2. The van der Waals surface area contributed by atoms with Crippen molar-refractivity contribution in [2.24, 2.45) is 34.5 Å². The molecule has 2 saturated carbocycles. The van der Waals surface area contributed by atoms with Gasteiger partial charge in [0.1, 0.15) is 0 Å². The summed E-state index contributed by atoms with van der Waals surface area (Å²) in [5.74, 6) is 0.576. The summed E-state index contributed by atoms with van der Waals surface area (Å²) in [6.07, 6.45) is 7.13. The Labute approximate surface area is 131 Å². The Bertz CT molecular complexity index is 643. The van der Waals surface area contributed by atoms with Crippen LogP contribution in [0.2, 0.25) is 0 Å². The highest BCUT2D eigenvalue weighted by Gasteiger charge is 2.75. The van der Waals surface area contributed by atoms with E-state index in [0.29, 0.717) is 12.3 Å². The molecule has 2 fully saturated rings. The zero-order chi connectivity index (χ0) is 15.9. The molecular formula is C19H24O3. The molecule has 1 N–H and O–H groups in total. The highest BCUT2D eigenvalue weighted by Crippen LogP contribution is 2.73. The average molecular weight is 300 g/mol. The van der Waals surface area contributed by atoms with Crippen LogP contribution in [0.15, 0.2) is 23.5 Å². The van der Waals surface area contributed by atoms with Gasteiger partial charge in [-0.15, -0.1) is 0 Å². The van der Waals surface area contributed by atoms with Crippen molar-refractivity contribution in [2.45, 2.75) is 46.5 Å². The second kappa shape index (κ2) is 4.12. The monoisotopic (exact) mass is 300 g/mol. The van der Waals surface area contributed by atoms with Gasteiger partial charge in [0.25, 0.3) is 0 Å². The number of Topliss-reactive ketones (excluding diaryl/α,β-unsaturated/α-hetero) is 1. The van der Waals surface area contributed by atoms with Crippen LogP contribution in [0.4, 0.5) is 0 Å². The average Bonchev–Trinajstić information content (AvgIpc) is 2.73. The van der Waals surface area contributed by atoms with Crippen LogP contribution in [0.25, 0.3) is 0 Å². The fraction of sp³-hybridized carbons (Fsp3) is 0.684. The fourth-order valence-electron chi connectivity index (χ4n) is 6.71. The van der Waals surface area contributed by atoms with Gasteiger partial charge in [-0.1, -0.05) is 25.5 Å². The summed E-state index contributed by atoms with van der Waals surface area (Å²) in [7, 11) is 0. The van der Waals surface area contributed by atoms with Crippen LogP contribution in [0, 0.1) is 34.5 Å². The first kappa shape index (κ1) is 14.2. The Morgan fingerprint density at radius 1 is 1.23 bits per heavy atom. The molecule has 0 amide bonds. The molecule has 1 spiro atoms. The third-order valence-corrected chi connectivity index (χ3v) is 7.33. The molecule has 0 aromatic heterocycles. The molecule has 0 aliphatic heterocycles.